The molecule has 0 amide bonds. The highest BCUT2D eigenvalue weighted by Crippen LogP contribution is 2.70. The van der Waals surface area contributed by atoms with E-state index in [4.69, 9.17) is 0 Å². The molecular formula is C30H50. The first-order valence-corrected chi connectivity index (χ1v) is 13.4. The van der Waals surface area contributed by atoms with Gasteiger partial charge in [-0.05, 0) is 111 Å². The monoisotopic (exact) mass is 410 g/mol. The van der Waals surface area contributed by atoms with E-state index < -0.39 is 0 Å². The molecule has 3 saturated carbocycles. The van der Waals surface area contributed by atoms with Crippen LogP contribution in [0, 0.1) is 51.8 Å². The summed E-state index contributed by atoms with van der Waals surface area (Å²) in [5.41, 5.74) is 4.70. The van der Waals surface area contributed by atoms with Crippen LogP contribution in [0.2, 0.25) is 0 Å². The Hall–Kier alpha value is -0.520. The first-order chi connectivity index (χ1) is 14.0. The molecule has 2 bridgehead atoms. The van der Waals surface area contributed by atoms with Crippen molar-refractivity contribution in [3.63, 3.8) is 0 Å². The molecule has 0 saturated heterocycles. The van der Waals surface area contributed by atoms with Crippen LogP contribution in [-0.4, -0.2) is 0 Å². The molecule has 30 heavy (non-hydrogen) atoms. The molecule has 0 aromatic carbocycles. The molecule has 3 fully saturated rings. The number of hydrogen-bond acceptors (Lipinski definition) is 0. The quantitative estimate of drug-likeness (QED) is 0.398. The average molecular weight is 411 g/mol. The Morgan fingerprint density at radius 3 is 2.43 bits per heavy atom. The van der Waals surface area contributed by atoms with E-state index in [0.717, 1.165) is 35.5 Å². The van der Waals surface area contributed by atoms with Crippen LogP contribution >= 0.6 is 0 Å². The summed E-state index contributed by atoms with van der Waals surface area (Å²) in [5, 5.41) is 0. The van der Waals surface area contributed by atoms with Gasteiger partial charge in [0, 0.05) is 0 Å². The Labute approximate surface area is 188 Å². The third kappa shape index (κ3) is 3.29. The Morgan fingerprint density at radius 2 is 1.73 bits per heavy atom. The minimum absolute atomic E-state index is 0.403. The van der Waals surface area contributed by atoms with Crippen molar-refractivity contribution in [3.05, 3.63) is 23.3 Å². The minimum atomic E-state index is 0.403. The lowest BCUT2D eigenvalue weighted by Gasteiger charge is -2.64. The summed E-state index contributed by atoms with van der Waals surface area (Å²) in [7, 11) is 0. The highest BCUT2D eigenvalue weighted by molar-refractivity contribution is 5.31. The molecular weight excluding hydrogens is 360 g/mol. The standard InChI is InChI=1S/C30H50/c1-20(2)10-14-25-23(5)24-13-12-22(4)30(25)19-16-26-28(6,7)17-9-18-29(26,8)27(30)15-11-21(24)3/h10,16,21-25,27H,9,11-15,17-19H2,1-8H3/t21-,22-,23-,24+,25+,27-,29-,30+/m0/s1. The van der Waals surface area contributed by atoms with E-state index in [0.29, 0.717) is 16.2 Å². The lowest BCUT2D eigenvalue weighted by atomic mass is 9.40. The summed E-state index contributed by atoms with van der Waals surface area (Å²) in [6, 6.07) is 0. The molecule has 1 spiro atoms. The summed E-state index contributed by atoms with van der Waals surface area (Å²) >= 11 is 0. The van der Waals surface area contributed by atoms with E-state index in [9.17, 15) is 0 Å². The zero-order chi connectivity index (χ0) is 21.9. The van der Waals surface area contributed by atoms with Crippen molar-refractivity contribution in [1.82, 2.24) is 0 Å². The van der Waals surface area contributed by atoms with Crippen molar-refractivity contribution in [2.24, 2.45) is 51.8 Å². The van der Waals surface area contributed by atoms with E-state index in [2.05, 4.69) is 67.5 Å². The molecule has 0 heteroatoms. The normalized spacial score (nSPS) is 47.8. The average Bonchev–Trinajstić information content (AvgIpc) is 2.70. The molecule has 4 aliphatic carbocycles. The second-order valence-electron chi connectivity index (χ2n) is 13.3. The first kappa shape index (κ1) is 22.7. The second kappa shape index (κ2) is 7.81. The van der Waals surface area contributed by atoms with E-state index >= 15 is 0 Å². The molecule has 0 aliphatic heterocycles. The number of hydrogen-bond donors (Lipinski definition) is 0. The van der Waals surface area contributed by atoms with Gasteiger partial charge in [-0.3, -0.25) is 0 Å². The Morgan fingerprint density at radius 1 is 1.00 bits per heavy atom. The van der Waals surface area contributed by atoms with Crippen LogP contribution in [0.1, 0.15) is 113 Å². The van der Waals surface area contributed by atoms with Crippen LogP contribution in [0.5, 0.6) is 0 Å². The predicted molar refractivity (Wildman–Crippen MR) is 131 cm³/mol. The van der Waals surface area contributed by atoms with Crippen LogP contribution < -0.4 is 0 Å². The van der Waals surface area contributed by atoms with E-state index in [1.54, 1.807) is 0 Å². The highest BCUT2D eigenvalue weighted by Gasteiger charge is 2.62. The van der Waals surface area contributed by atoms with Gasteiger partial charge in [0.05, 0.1) is 0 Å². The Kier molecular flexibility index (Phi) is 5.90. The summed E-state index contributed by atoms with van der Waals surface area (Å²) in [6.07, 6.45) is 18.2. The van der Waals surface area contributed by atoms with Crippen LogP contribution in [0.25, 0.3) is 0 Å². The van der Waals surface area contributed by atoms with Gasteiger partial charge in [0.1, 0.15) is 0 Å². The van der Waals surface area contributed by atoms with Crippen molar-refractivity contribution < 1.29 is 0 Å². The Bertz CT molecular complexity index is 704. The predicted octanol–water partition coefficient (Wildman–Crippen LogP) is 9.22. The van der Waals surface area contributed by atoms with Crippen molar-refractivity contribution in [2.75, 3.05) is 0 Å². The van der Waals surface area contributed by atoms with Gasteiger partial charge in [-0.25, -0.2) is 0 Å². The molecule has 0 N–H and O–H groups in total. The second-order valence-corrected chi connectivity index (χ2v) is 13.3. The molecule has 4 rings (SSSR count). The zero-order valence-corrected chi connectivity index (χ0v) is 21.5. The van der Waals surface area contributed by atoms with Gasteiger partial charge in [0.25, 0.3) is 0 Å². The fourth-order valence-electron chi connectivity index (χ4n) is 9.74. The van der Waals surface area contributed by atoms with Gasteiger partial charge < -0.3 is 0 Å². The van der Waals surface area contributed by atoms with Gasteiger partial charge in [0.15, 0.2) is 0 Å². The Balaban J connectivity index is 1.91. The number of rotatable bonds is 2. The molecule has 0 nitrogen and oxygen atoms in total. The topological polar surface area (TPSA) is 0 Å². The molecule has 0 heterocycles. The van der Waals surface area contributed by atoms with E-state index in [-0.39, 0.29) is 0 Å². The summed E-state index contributed by atoms with van der Waals surface area (Å²) in [4.78, 5) is 0. The number of fused-ring (bicyclic) bond motifs is 4. The van der Waals surface area contributed by atoms with E-state index in [1.807, 2.05) is 5.57 Å². The van der Waals surface area contributed by atoms with Gasteiger partial charge in [-0.1, -0.05) is 77.7 Å². The summed E-state index contributed by atoms with van der Waals surface area (Å²) in [6.45, 7) is 20.4. The zero-order valence-electron chi connectivity index (χ0n) is 21.5. The minimum Gasteiger partial charge on any atom is -0.0856 e. The van der Waals surface area contributed by atoms with E-state index in [1.165, 1.54) is 63.4 Å². The third-order valence-electron chi connectivity index (χ3n) is 11.2. The van der Waals surface area contributed by atoms with Gasteiger partial charge >= 0.3 is 0 Å². The van der Waals surface area contributed by atoms with Crippen LogP contribution in [0.15, 0.2) is 23.3 Å². The summed E-state index contributed by atoms with van der Waals surface area (Å²) in [5.74, 6) is 5.27. The van der Waals surface area contributed by atoms with Crippen molar-refractivity contribution in [2.45, 2.75) is 113 Å². The fourth-order valence-corrected chi connectivity index (χ4v) is 9.74. The third-order valence-corrected chi connectivity index (χ3v) is 11.2. The lowest BCUT2D eigenvalue weighted by Crippen LogP contribution is -2.56. The molecule has 0 radical (unpaired) electrons. The van der Waals surface area contributed by atoms with Gasteiger partial charge in [-0.15, -0.1) is 0 Å². The largest absolute Gasteiger partial charge is 0.0856 e. The first-order valence-electron chi connectivity index (χ1n) is 13.4. The number of allylic oxidation sites excluding steroid dienone is 4. The van der Waals surface area contributed by atoms with Crippen LogP contribution in [-0.2, 0) is 0 Å². The molecule has 4 aliphatic rings. The molecule has 8 atom stereocenters. The summed E-state index contributed by atoms with van der Waals surface area (Å²) < 4.78 is 0. The SMILES string of the molecule is CC(C)=CC[C@@H]1[C@@H](C)[C@@H]2CC[C@H](C)[C@]13CC=C1C(C)(C)CCC[C@]1(C)[C@@H]3CC[C@@H]2C. The maximum Gasteiger partial charge on any atom is -0.00772 e. The van der Waals surface area contributed by atoms with Crippen molar-refractivity contribution >= 4 is 0 Å². The maximum absolute atomic E-state index is 2.82. The molecule has 0 unspecified atom stereocenters. The lowest BCUT2D eigenvalue weighted by molar-refractivity contribution is -0.101. The van der Waals surface area contributed by atoms with Crippen LogP contribution in [0.4, 0.5) is 0 Å². The van der Waals surface area contributed by atoms with Crippen molar-refractivity contribution in [3.8, 4) is 0 Å². The fraction of sp³-hybridized carbons (Fsp3) is 0.867. The maximum atomic E-state index is 2.82. The smallest absolute Gasteiger partial charge is 0.00772 e. The molecule has 0 aromatic heterocycles. The highest BCUT2D eigenvalue weighted by atomic mass is 14.7. The van der Waals surface area contributed by atoms with Gasteiger partial charge in [-0.2, -0.15) is 0 Å². The molecule has 0 aromatic rings. The van der Waals surface area contributed by atoms with Gasteiger partial charge in [0.2, 0.25) is 0 Å². The van der Waals surface area contributed by atoms with Crippen LogP contribution in [0.3, 0.4) is 0 Å². The molecule has 170 valence electrons. The van der Waals surface area contributed by atoms with Crippen molar-refractivity contribution in [1.29, 1.82) is 0 Å².